The van der Waals surface area contributed by atoms with Crippen LogP contribution in [0.5, 0.6) is 0 Å². The summed E-state index contributed by atoms with van der Waals surface area (Å²) in [6, 6.07) is 0. The summed E-state index contributed by atoms with van der Waals surface area (Å²) in [6.45, 7) is 6.09. The summed E-state index contributed by atoms with van der Waals surface area (Å²) >= 11 is 1.89. The monoisotopic (exact) mass is 245 g/mol. The van der Waals surface area contributed by atoms with Crippen molar-refractivity contribution in [3.05, 3.63) is 0 Å². The first-order chi connectivity index (χ1) is 7.67. The lowest BCUT2D eigenvalue weighted by molar-refractivity contribution is -0.150. The fourth-order valence-electron chi connectivity index (χ4n) is 2.63. The van der Waals surface area contributed by atoms with Gasteiger partial charge >= 0.3 is 5.97 Å². The molecule has 0 saturated carbocycles. The van der Waals surface area contributed by atoms with Crippen LogP contribution in [0.2, 0.25) is 0 Å². The Kier molecular flexibility index (Phi) is 5.62. The normalized spacial score (nSPS) is 26.1. The zero-order valence-corrected chi connectivity index (χ0v) is 11.2. The van der Waals surface area contributed by atoms with E-state index in [0.29, 0.717) is 0 Å². The summed E-state index contributed by atoms with van der Waals surface area (Å²) in [5.41, 5.74) is -0.553. The average molecular weight is 245 g/mol. The Bertz CT molecular complexity index is 235. The fraction of sp³-hybridized carbons (Fsp3) is 0.917. The second kappa shape index (κ2) is 6.50. The van der Waals surface area contributed by atoms with Gasteiger partial charge in [-0.2, -0.15) is 11.8 Å². The van der Waals surface area contributed by atoms with Crippen LogP contribution in [0.1, 0.15) is 39.5 Å². The van der Waals surface area contributed by atoms with Gasteiger partial charge in [0.1, 0.15) is 5.54 Å². The molecule has 1 atom stereocenters. The highest BCUT2D eigenvalue weighted by Crippen LogP contribution is 2.33. The zero-order chi connectivity index (χ0) is 12.0. The Morgan fingerprint density at radius 1 is 1.50 bits per heavy atom. The topological polar surface area (TPSA) is 40.5 Å². The molecule has 16 heavy (non-hydrogen) atoms. The van der Waals surface area contributed by atoms with E-state index >= 15 is 0 Å². The molecule has 0 aromatic rings. The molecule has 1 rings (SSSR count). The minimum absolute atomic E-state index is 0.553. The average Bonchev–Trinajstić information content (AvgIpc) is 2.64. The molecule has 1 N–H and O–H groups in total. The number of carboxylic acid groups (broad SMARTS) is 1. The number of likely N-dealkylation sites (tertiary alicyclic amines) is 1. The minimum atomic E-state index is -0.617. The van der Waals surface area contributed by atoms with E-state index in [9.17, 15) is 9.90 Å². The molecule has 0 amide bonds. The summed E-state index contributed by atoms with van der Waals surface area (Å²) in [5.74, 6) is 1.55. The van der Waals surface area contributed by atoms with Crippen molar-refractivity contribution in [1.29, 1.82) is 0 Å². The molecule has 1 saturated heterocycles. The predicted molar refractivity (Wildman–Crippen MR) is 69.1 cm³/mol. The molecular weight excluding hydrogens is 222 g/mol. The molecule has 3 nitrogen and oxygen atoms in total. The number of nitrogens with zero attached hydrogens (tertiary/aromatic N) is 1. The summed E-state index contributed by atoms with van der Waals surface area (Å²) in [5, 5.41) is 9.47. The lowest BCUT2D eigenvalue weighted by Crippen LogP contribution is -2.51. The Labute approximate surface area is 103 Å². The van der Waals surface area contributed by atoms with Gasteiger partial charge in [0.05, 0.1) is 0 Å². The van der Waals surface area contributed by atoms with Crippen LogP contribution in [-0.4, -0.2) is 46.1 Å². The van der Waals surface area contributed by atoms with E-state index in [1.165, 1.54) is 0 Å². The van der Waals surface area contributed by atoms with Gasteiger partial charge in [-0.15, -0.1) is 0 Å². The molecule has 0 bridgehead atoms. The van der Waals surface area contributed by atoms with Crippen molar-refractivity contribution in [3.63, 3.8) is 0 Å². The number of thioether (sulfide) groups is 1. The molecule has 94 valence electrons. The Morgan fingerprint density at radius 3 is 2.81 bits per heavy atom. The van der Waals surface area contributed by atoms with E-state index in [1.807, 2.05) is 11.8 Å². The molecule has 0 spiro atoms. The molecule has 0 aliphatic carbocycles. The lowest BCUT2D eigenvalue weighted by Gasteiger charge is -2.34. The first-order valence-corrected chi connectivity index (χ1v) is 7.39. The van der Waals surface area contributed by atoms with Gasteiger partial charge in [0, 0.05) is 12.3 Å². The van der Waals surface area contributed by atoms with Gasteiger partial charge in [-0.25, -0.2) is 0 Å². The van der Waals surface area contributed by atoms with Crippen LogP contribution in [0.4, 0.5) is 0 Å². The molecule has 1 heterocycles. The van der Waals surface area contributed by atoms with Crippen LogP contribution >= 0.6 is 11.8 Å². The number of hydrogen-bond acceptors (Lipinski definition) is 3. The van der Waals surface area contributed by atoms with Crippen LogP contribution in [0, 0.1) is 0 Å². The van der Waals surface area contributed by atoms with Crippen LogP contribution in [0.3, 0.4) is 0 Å². The zero-order valence-electron chi connectivity index (χ0n) is 10.4. The highest BCUT2D eigenvalue weighted by atomic mass is 32.2. The summed E-state index contributed by atoms with van der Waals surface area (Å²) in [4.78, 5) is 13.7. The van der Waals surface area contributed by atoms with E-state index in [1.54, 1.807) is 0 Å². The van der Waals surface area contributed by atoms with Crippen molar-refractivity contribution in [3.8, 4) is 0 Å². The summed E-state index contributed by atoms with van der Waals surface area (Å²) in [6.07, 6.45) is 3.60. The summed E-state index contributed by atoms with van der Waals surface area (Å²) < 4.78 is 0. The van der Waals surface area contributed by atoms with Crippen molar-refractivity contribution in [2.75, 3.05) is 24.6 Å². The Balaban J connectivity index is 2.62. The third-order valence-corrected chi connectivity index (χ3v) is 4.27. The summed E-state index contributed by atoms with van der Waals surface area (Å²) in [7, 11) is 0. The SMILES string of the molecule is CCCC1(C(=O)O)CCCN1CCSCC. The van der Waals surface area contributed by atoms with E-state index < -0.39 is 11.5 Å². The van der Waals surface area contributed by atoms with Gasteiger partial charge in [0.2, 0.25) is 0 Å². The van der Waals surface area contributed by atoms with E-state index in [0.717, 1.165) is 50.3 Å². The molecule has 0 aromatic heterocycles. The van der Waals surface area contributed by atoms with Crippen LogP contribution in [-0.2, 0) is 4.79 Å². The van der Waals surface area contributed by atoms with Crippen LogP contribution in [0.15, 0.2) is 0 Å². The second-order valence-corrected chi connectivity index (χ2v) is 5.77. The Morgan fingerprint density at radius 2 is 2.25 bits per heavy atom. The largest absolute Gasteiger partial charge is 0.480 e. The molecule has 0 aromatic carbocycles. The molecule has 1 unspecified atom stereocenters. The van der Waals surface area contributed by atoms with Gasteiger partial charge in [0.15, 0.2) is 0 Å². The third kappa shape index (κ3) is 2.92. The van der Waals surface area contributed by atoms with Gasteiger partial charge in [-0.05, 0) is 31.6 Å². The molecular formula is C12H23NO2S. The highest BCUT2D eigenvalue weighted by molar-refractivity contribution is 7.99. The lowest BCUT2D eigenvalue weighted by atomic mass is 9.91. The molecule has 0 radical (unpaired) electrons. The maximum absolute atomic E-state index is 11.5. The molecule has 1 aliphatic heterocycles. The number of rotatable bonds is 7. The van der Waals surface area contributed by atoms with Gasteiger partial charge in [-0.3, -0.25) is 9.69 Å². The first kappa shape index (κ1) is 13.8. The molecule has 4 heteroatoms. The van der Waals surface area contributed by atoms with Crippen molar-refractivity contribution in [1.82, 2.24) is 4.90 Å². The minimum Gasteiger partial charge on any atom is -0.480 e. The van der Waals surface area contributed by atoms with Crippen molar-refractivity contribution >= 4 is 17.7 Å². The molecule has 1 aliphatic rings. The Hall–Kier alpha value is -0.220. The van der Waals surface area contributed by atoms with Crippen molar-refractivity contribution in [2.45, 2.75) is 45.1 Å². The van der Waals surface area contributed by atoms with Gasteiger partial charge in [0.25, 0.3) is 0 Å². The number of carboxylic acids is 1. The third-order valence-electron chi connectivity index (χ3n) is 3.40. The van der Waals surface area contributed by atoms with Gasteiger partial charge < -0.3 is 5.11 Å². The van der Waals surface area contributed by atoms with Gasteiger partial charge in [-0.1, -0.05) is 20.3 Å². The van der Waals surface area contributed by atoms with E-state index in [4.69, 9.17) is 0 Å². The second-order valence-electron chi connectivity index (χ2n) is 4.37. The maximum atomic E-state index is 11.5. The number of carbonyl (C=O) groups is 1. The standard InChI is InChI=1S/C12H23NO2S/c1-3-6-12(11(14)15)7-5-8-13(12)9-10-16-4-2/h3-10H2,1-2H3,(H,14,15). The van der Waals surface area contributed by atoms with E-state index in [-0.39, 0.29) is 0 Å². The molecule has 1 fully saturated rings. The van der Waals surface area contributed by atoms with Crippen molar-refractivity contribution in [2.24, 2.45) is 0 Å². The first-order valence-electron chi connectivity index (χ1n) is 6.23. The highest BCUT2D eigenvalue weighted by Gasteiger charge is 2.46. The fourth-order valence-corrected chi connectivity index (χ4v) is 3.26. The smallest absolute Gasteiger partial charge is 0.324 e. The van der Waals surface area contributed by atoms with E-state index in [2.05, 4.69) is 18.7 Å². The predicted octanol–water partition coefficient (Wildman–Crippen LogP) is 2.46. The van der Waals surface area contributed by atoms with Crippen LogP contribution in [0.25, 0.3) is 0 Å². The maximum Gasteiger partial charge on any atom is 0.324 e. The van der Waals surface area contributed by atoms with Crippen molar-refractivity contribution < 1.29 is 9.90 Å². The quantitative estimate of drug-likeness (QED) is 0.700. The number of aliphatic carboxylic acids is 1. The van der Waals surface area contributed by atoms with Crippen LogP contribution < -0.4 is 0 Å². The number of hydrogen-bond donors (Lipinski definition) is 1.